The molecule has 1 aromatic carbocycles. The van der Waals surface area contributed by atoms with Crippen molar-refractivity contribution in [1.82, 2.24) is 0 Å². The second-order valence-corrected chi connectivity index (χ2v) is 4.65. The van der Waals surface area contributed by atoms with Gasteiger partial charge < -0.3 is 5.32 Å². The van der Waals surface area contributed by atoms with Crippen molar-refractivity contribution >= 4 is 21.6 Å². The van der Waals surface area contributed by atoms with Gasteiger partial charge in [0.05, 0.1) is 5.69 Å². The zero-order valence-corrected chi connectivity index (χ0v) is 10.1. The maximum atomic E-state index is 13.2. The Morgan fingerprint density at radius 1 is 1.43 bits per heavy atom. The van der Waals surface area contributed by atoms with Gasteiger partial charge in [-0.15, -0.1) is 0 Å². The molecule has 0 saturated heterocycles. The Labute approximate surface area is 92.8 Å². The summed E-state index contributed by atoms with van der Waals surface area (Å²) in [5.74, 6) is 0.440. The van der Waals surface area contributed by atoms with Crippen LogP contribution in [0.15, 0.2) is 22.7 Å². The first kappa shape index (κ1) is 11.5. The molecule has 0 fully saturated rings. The van der Waals surface area contributed by atoms with Crippen molar-refractivity contribution in [2.45, 2.75) is 20.3 Å². The Morgan fingerprint density at radius 2 is 2.14 bits per heavy atom. The minimum absolute atomic E-state index is 0.197. The van der Waals surface area contributed by atoms with E-state index in [2.05, 4.69) is 35.1 Å². The Bertz CT molecular complexity index is 299. The highest BCUT2D eigenvalue weighted by atomic mass is 79.9. The summed E-state index contributed by atoms with van der Waals surface area (Å²) in [6.45, 7) is 5.11. The summed E-state index contributed by atoms with van der Waals surface area (Å²) in [6.07, 6.45) is 1.05. The van der Waals surface area contributed by atoms with E-state index in [4.69, 9.17) is 0 Å². The average Bonchev–Trinajstić information content (AvgIpc) is 2.10. The molecule has 0 aliphatic heterocycles. The van der Waals surface area contributed by atoms with Gasteiger partial charge in [-0.2, -0.15) is 0 Å². The van der Waals surface area contributed by atoms with E-state index in [1.165, 1.54) is 6.07 Å². The summed E-state index contributed by atoms with van der Waals surface area (Å²) in [4.78, 5) is 0. The second-order valence-electron chi connectivity index (χ2n) is 3.73. The fraction of sp³-hybridized carbons (Fsp3) is 0.455. The normalized spacial score (nSPS) is 10.6. The van der Waals surface area contributed by atoms with Crippen LogP contribution in [0.2, 0.25) is 0 Å². The van der Waals surface area contributed by atoms with E-state index in [0.29, 0.717) is 11.6 Å². The molecular weight excluding hydrogens is 245 g/mol. The molecule has 0 aromatic heterocycles. The van der Waals surface area contributed by atoms with E-state index in [1.807, 2.05) is 0 Å². The molecule has 1 N–H and O–H groups in total. The number of rotatable bonds is 4. The summed E-state index contributed by atoms with van der Waals surface area (Å²) in [7, 11) is 0. The molecule has 0 spiro atoms. The van der Waals surface area contributed by atoms with Crippen LogP contribution in [0, 0.1) is 11.7 Å². The average molecular weight is 260 g/mol. The van der Waals surface area contributed by atoms with Crippen LogP contribution in [-0.4, -0.2) is 6.54 Å². The molecule has 3 heteroatoms. The van der Waals surface area contributed by atoms with E-state index in [-0.39, 0.29) is 5.82 Å². The van der Waals surface area contributed by atoms with Crippen LogP contribution >= 0.6 is 15.9 Å². The molecule has 0 unspecified atom stereocenters. The Hall–Kier alpha value is -0.570. The van der Waals surface area contributed by atoms with Crippen LogP contribution in [0.4, 0.5) is 10.1 Å². The highest BCUT2D eigenvalue weighted by Crippen LogP contribution is 2.20. The minimum atomic E-state index is -0.197. The third-order valence-electron chi connectivity index (χ3n) is 1.97. The number of halogens is 2. The van der Waals surface area contributed by atoms with Gasteiger partial charge in [0.2, 0.25) is 0 Å². The van der Waals surface area contributed by atoms with Crippen molar-refractivity contribution in [1.29, 1.82) is 0 Å². The SMILES string of the molecule is CC(C)CCNc1cc(Br)ccc1F. The van der Waals surface area contributed by atoms with Crippen molar-refractivity contribution < 1.29 is 4.39 Å². The largest absolute Gasteiger partial charge is 0.383 e. The Morgan fingerprint density at radius 3 is 2.79 bits per heavy atom. The zero-order valence-electron chi connectivity index (χ0n) is 8.48. The lowest BCUT2D eigenvalue weighted by Crippen LogP contribution is -2.06. The van der Waals surface area contributed by atoms with Crippen LogP contribution in [0.25, 0.3) is 0 Å². The topological polar surface area (TPSA) is 12.0 Å². The number of anilines is 1. The van der Waals surface area contributed by atoms with Gasteiger partial charge in [-0.3, -0.25) is 0 Å². The van der Waals surface area contributed by atoms with Crippen LogP contribution in [-0.2, 0) is 0 Å². The summed E-state index contributed by atoms with van der Waals surface area (Å²) in [6, 6.07) is 4.92. The van der Waals surface area contributed by atoms with E-state index in [9.17, 15) is 4.39 Å². The minimum Gasteiger partial charge on any atom is -0.383 e. The predicted octanol–water partition coefficient (Wildman–Crippen LogP) is 4.05. The van der Waals surface area contributed by atoms with Crippen LogP contribution < -0.4 is 5.32 Å². The predicted molar refractivity (Wildman–Crippen MR) is 62.0 cm³/mol. The highest BCUT2D eigenvalue weighted by molar-refractivity contribution is 9.10. The molecule has 0 aliphatic rings. The van der Waals surface area contributed by atoms with Gasteiger partial charge in [0.15, 0.2) is 0 Å². The van der Waals surface area contributed by atoms with Crippen molar-refractivity contribution in [2.24, 2.45) is 5.92 Å². The van der Waals surface area contributed by atoms with Gasteiger partial charge in [0.25, 0.3) is 0 Å². The first-order chi connectivity index (χ1) is 6.59. The van der Waals surface area contributed by atoms with Gasteiger partial charge >= 0.3 is 0 Å². The molecule has 78 valence electrons. The zero-order chi connectivity index (χ0) is 10.6. The third-order valence-corrected chi connectivity index (χ3v) is 2.46. The molecule has 0 radical (unpaired) electrons. The second kappa shape index (κ2) is 5.35. The van der Waals surface area contributed by atoms with Gasteiger partial charge in [0.1, 0.15) is 5.82 Å². The number of hydrogen-bond donors (Lipinski definition) is 1. The van der Waals surface area contributed by atoms with Crippen LogP contribution in [0.5, 0.6) is 0 Å². The lowest BCUT2D eigenvalue weighted by molar-refractivity contribution is 0.599. The summed E-state index contributed by atoms with van der Waals surface area (Å²) < 4.78 is 14.1. The summed E-state index contributed by atoms with van der Waals surface area (Å²) >= 11 is 3.31. The molecule has 1 rings (SSSR count). The van der Waals surface area contributed by atoms with Gasteiger partial charge in [-0.05, 0) is 30.5 Å². The van der Waals surface area contributed by atoms with Crippen molar-refractivity contribution in [3.63, 3.8) is 0 Å². The lowest BCUT2D eigenvalue weighted by atomic mass is 10.1. The lowest BCUT2D eigenvalue weighted by Gasteiger charge is -2.09. The molecule has 0 amide bonds. The standard InChI is InChI=1S/C11H15BrFN/c1-8(2)5-6-14-11-7-9(12)3-4-10(11)13/h3-4,7-8,14H,5-6H2,1-2H3. The van der Waals surface area contributed by atoms with Crippen molar-refractivity contribution in [3.05, 3.63) is 28.5 Å². The fourth-order valence-corrected chi connectivity index (χ4v) is 1.49. The Kier molecular flexibility index (Phi) is 4.39. The Balaban J connectivity index is 2.53. The van der Waals surface area contributed by atoms with Gasteiger partial charge in [-0.1, -0.05) is 29.8 Å². The number of hydrogen-bond acceptors (Lipinski definition) is 1. The molecule has 0 heterocycles. The van der Waals surface area contributed by atoms with E-state index in [0.717, 1.165) is 17.4 Å². The molecule has 14 heavy (non-hydrogen) atoms. The van der Waals surface area contributed by atoms with E-state index < -0.39 is 0 Å². The molecule has 1 aromatic rings. The molecule has 0 bridgehead atoms. The molecular formula is C11H15BrFN. The monoisotopic (exact) mass is 259 g/mol. The quantitative estimate of drug-likeness (QED) is 0.861. The maximum Gasteiger partial charge on any atom is 0.146 e. The van der Waals surface area contributed by atoms with Gasteiger partial charge in [0, 0.05) is 11.0 Å². The molecule has 0 aliphatic carbocycles. The third kappa shape index (κ3) is 3.66. The number of nitrogens with one attached hydrogen (secondary N) is 1. The van der Waals surface area contributed by atoms with Crippen LogP contribution in [0.1, 0.15) is 20.3 Å². The summed E-state index contributed by atoms with van der Waals surface area (Å²) in [5, 5.41) is 3.08. The maximum absolute atomic E-state index is 13.2. The van der Waals surface area contributed by atoms with Gasteiger partial charge in [-0.25, -0.2) is 4.39 Å². The van der Waals surface area contributed by atoms with E-state index in [1.54, 1.807) is 12.1 Å². The van der Waals surface area contributed by atoms with E-state index >= 15 is 0 Å². The molecule has 1 nitrogen and oxygen atoms in total. The number of benzene rings is 1. The highest BCUT2D eigenvalue weighted by Gasteiger charge is 2.01. The first-order valence-corrected chi connectivity index (χ1v) is 5.58. The molecule has 0 saturated carbocycles. The van der Waals surface area contributed by atoms with Crippen LogP contribution in [0.3, 0.4) is 0 Å². The smallest absolute Gasteiger partial charge is 0.146 e. The first-order valence-electron chi connectivity index (χ1n) is 4.78. The van der Waals surface area contributed by atoms with Crippen molar-refractivity contribution in [3.8, 4) is 0 Å². The fourth-order valence-electron chi connectivity index (χ4n) is 1.13. The summed E-state index contributed by atoms with van der Waals surface area (Å²) in [5.41, 5.74) is 0.569. The van der Waals surface area contributed by atoms with Crippen molar-refractivity contribution in [2.75, 3.05) is 11.9 Å². The molecule has 0 atom stereocenters.